The molecule has 1 aromatic heterocycles. The second-order valence-electron chi connectivity index (χ2n) is 6.65. The lowest BCUT2D eigenvalue weighted by molar-refractivity contribution is 0.135. The van der Waals surface area contributed by atoms with E-state index < -0.39 is 10.0 Å². The molecule has 2 fully saturated rings. The predicted octanol–water partition coefficient (Wildman–Crippen LogP) is 1.79. The minimum absolute atomic E-state index is 0.0848. The number of piperidine rings is 1. The highest BCUT2D eigenvalue weighted by atomic mass is 32.2. The first kappa shape index (κ1) is 17.6. The van der Waals surface area contributed by atoms with Crippen LogP contribution in [0.15, 0.2) is 24.5 Å². The van der Waals surface area contributed by atoms with Gasteiger partial charge in [-0.25, -0.2) is 12.7 Å². The summed E-state index contributed by atoms with van der Waals surface area (Å²) in [6.07, 6.45) is 9.07. The molecular formula is C17H27N3O3S. The van der Waals surface area contributed by atoms with Crippen LogP contribution in [0.3, 0.4) is 0 Å². The van der Waals surface area contributed by atoms with Gasteiger partial charge in [0.25, 0.3) is 0 Å². The third kappa shape index (κ3) is 4.91. The van der Waals surface area contributed by atoms with Gasteiger partial charge in [0, 0.05) is 31.5 Å². The number of pyridine rings is 1. The molecule has 3 heterocycles. The second-order valence-corrected chi connectivity index (χ2v) is 8.74. The summed E-state index contributed by atoms with van der Waals surface area (Å²) in [7, 11) is -3.13. The van der Waals surface area contributed by atoms with Crippen molar-refractivity contribution < 1.29 is 13.2 Å². The van der Waals surface area contributed by atoms with E-state index in [9.17, 15) is 8.42 Å². The van der Waals surface area contributed by atoms with E-state index in [0.29, 0.717) is 19.1 Å². The quantitative estimate of drug-likeness (QED) is 0.809. The van der Waals surface area contributed by atoms with Crippen LogP contribution >= 0.6 is 0 Å². The molecule has 1 N–H and O–H groups in total. The largest absolute Gasteiger partial charge is 0.490 e. The van der Waals surface area contributed by atoms with Gasteiger partial charge in [-0.2, -0.15) is 0 Å². The van der Waals surface area contributed by atoms with Gasteiger partial charge in [0.1, 0.15) is 11.9 Å². The first-order valence-electron chi connectivity index (χ1n) is 8.91. The number of sulfonamides is 1. The van der Waals surface area contributed by atoms with Crippen LogP contribution in [0.1, 0.15) is 38.5 Å². The summed E-state index contributed by atoms with van der Waals surface area (Å²) in [4.78, 5) is 3.97. The maximum atomic E-state index is 12.5. The molecule has 0 aromatic carbocycles. The molecule has 2 aliphatic rings. The Morgan fingerprint density at radius 2 is 1.96 bits per heavy atom. The highest BCUT2D eigenvalue weighted by Crippen LogP contribution is 2.21. The normalized spacial score (nSPS) is 23.4. The van der Waals surface area contributed by atoms with Crippen molar-refractivity contribution in [2.75, 3.05) is 25.4 Å². The van der Waals surface area contributed by atoms with E-state index in [0.717, 1.165) is 38.0 Å². The summed E-state index contributed by atoms with van der Waals surface area (Å²) in [5, 5.41) is 3.42. The van der Waals surface area contributed by atoms with Gasteiger partial charge in [0.2, 0.25) is 10.0 Å². The van der Waals surface area contributed by atoms with Gasteiger partial charge in [-0.05, 0) is 57.2 Å². The number of ether oxygens (including phenoxy) is 1. The van der Waals surface area contributed by atoms with Crippen molar-refractivity contribution in [2.45, 2.75) is 50.7 Å². The SMILES string of the molecule is O=S(=O)(CCC[C@@H]1CCCN1)N1CCC(Oc2ccncc2)CC1. The zero-order valence-electron chi connectivity index (χ0n) is 14.1. The standard InChI is InChI=1S/C17H27N3O3S/c21-24(22,14-2-4-15-3-1-9-19-15)20-12-7-17(8-13-20)23-16-5-10-18-11-6-16/h5-6,10-11,15,17,19H,1-4,7-9,12-14H2/t15-/m0/s1. The Morgan fingerprint density at radius 1 is 1.21 bits per heavy atom. The zero-order chi connectivity index (χ0) is 16.8. The highest BCUT2D eigenvalue weighted by molar-refractivity contribution is 7.89. The van der Waals surface area contributed by atoms with Crippen LogP contribution in [0.5, 0.6) is 5.75 Å². The van der Waals surface area contributed by atoms with E-state index >= 15 is 0 Å². The molecule has 134 valence electrons. The smallest absolute Gasteiger partial charge is 0.214 e. The summed E-state index contributed by atoms with van der Waals surface area (Å²) < 4.78 is 32.5. The Morgan fingerprint density at radius 3 is 2.62 bits per heavy atom. The molecule has 0 spiro atoms. The van der Waals surface area contributed by atoms with E-state index in [1.165, 1.54) is 12.8 Å². The Bertz CT molecular complexity index is 595. The fourth-order valence-electron chi connectivity index (χ4n) is 3.48. The first-order valence-corrected chi connectivity index (χ1v) is 10.5. The van der Waals surface area contributed by atoms with E-state index in [1.807, 2.05) is 12.1 Å². The number of hydrogen-bond acceptors (Lipinski definition) is 5. The molecule has 3 rings (SSSR count). The van der Waals surface area contributed by atoms with Gasteiger partial charge in [0.05, 0.1) is 5.75 Å². The molecule has 0 saturated carbocycles. The van der Waals surface area contributed by atoms with Crippen LogP contribution in [0.25, 0.3) is 0 Å². The van der Waals surface area contributed by atoms with Gasteiger partial charge in [-0.1, -0.05) is 0 Å². The molecule has 0 radical (unpaired) electrons. The number of aromatic nitrogens is 1. The molecule has 2 aliphatic heterocycles. The molecule has 24 heavy (non-hydrogen) atoms. The monoisotopic (exact) mass is 353 g/mol. The van der Waals surface area contributed by atoms with Crippen molar-refractivity contribution in [1.29, 1.82) is 0 Å². The topological polar surface area (TPSA) is 71.5 Å². The zero-order valence-corrected chi connectivity index (χ0v) is 14.9. The molecule has 0 bridgehead atoms. The maximum Gasteiger partial charge on any atom is 0.214 e. The molecule has 2 saturated heterocycles. The lowest BCUT2D eigenvalue weighted by Gasteiger charge is -2.31. The fourth-order valence-corrected chi connectivity index (χ4v) is 5.04. The average Bonchev–Trinajstić information content (AvgIpc) is 3.10. The Kier molecular flexibility index (Phi) is 6.08. The molecule has 7 heteroatoms. The number of rotatable bonds is 7. The molecule has 1 atom stereocenters. The minimum atomic E-state index is -3.13. The van der Waals surface area contributed by atoms with Gasteiger partial charge < -0.3 is 10.1 Å². The summed E-state index contributed by atoms with van der Waals surface area (Å²) in [6, 6.07) is 4.18. The lowest BCUT2D eigenvalue weighted by Crippen LogP contribution is -2.42. The average molecular weight is 353 g/mol. The first-order chi connectivity index (χ1) is 11.6. The summed E-state index contributed by atoms with van der Waals surface area (Å²) in [5.74, 6) is 1.07. The van der Waals surface area contributed by atoms with Crippen LogP contribution in [-0.4, -0.2) is 55.2 Å². The molecule has 0 amide bonds. The van der Waals surface area contributed by atoms with Gasteiger partial charge in [-0.3, -0.25) is 4.98 Å². The number of nitrogens with zero attached hydrogens (tertiary/aromatic N) is 2. The van der Waals surface area contributed by atoms with Crippen LogP contribution < -0.4 is 10.1 Å². The molecule has 6 nitrogen and oxygen atoms in total. The van der Waals surface area contributed by atoms with E-state index in [-0.39, 0.29) is 11.9 Å². The van der Waals surface area contributed by atoms with Crippen LogP contribution in [-0.2, 0) is 10.0 Å². The summed E-state index contributed by atoms with van der Waals surface area (Å²) >= 11 is 0. The minimum Gasteiger partial charge on any atom is -0.490 e. The Hall–Kier alpha value is -1.18. The van der Waals surface area contributed by atoms with Crippen LogP contribution in [0.2, 0.25) is 0 Å². The highest BCUT2D eigenvalue weighted by Gasteiger charge is 2.28. The fraction of sp³-hybridized carbons (Fsp3) is 0.706. The van der Waals surface area contributed by atoms with Crippen molar-refractivity contribution in [1.82, 2.24) is 14.6 Å². The Labute approximate surface area is 144 Å². The summed E-state index contributed by atoms with van der Waals surface area (Å²) in [6.45, 7) is 2.18. The predicted molar refractivity (Wildman–Crippen MR) is 93.5 cm³/mol. The molecule has 1 aromatic rings. The molecule has 0 unspecified atom stereocenters. The molecular weight excluding hydrogens is 326 g/mol. The van der Waals surface area contributed by atoms with E-state index in [4.69, 9.17) is 4.74 Å². The van der Waals surface area contributed by atoms with Crippen molar-refractivity contribution in [3.8, 4) is 5.75 Å². The van der Waals surface area contributed by atoms with Gasteiger partial charge >= 0.3 is 0 Å². The van der Waals surface area contributed by atoms with E-state index in [1.54, 1.807) is 16.7 Å². The third-order valence-electron chi connectivity index (χ3n) is 4.86. The van der Waals surface area contributed by atoms with Gasteiger partial charge in [-0.15, -0.1) is 0 Å². The van der Waals surface area contributed by atoms with Crippen LogP contribution in [0.4, 0.5) is 0 Å². The van der Waals surface area contributed by atoms with Crippen LogP contribution in [0, 0.1) is 0 Å². The number of hydrogen-bond donors (Lipinski definition) is 1. The van der Waals surface area contributed by atoms with E-state index in [2.05, 4.69) is 10.3 Å². The number of nitrogens with one attached hydrogen (secondary N) is 1. The van der Waals surface area contributed by atoms with Crippen molar-refractivity contribution in [3.63, 3.8) is 0 Å². The lowest BCUT2D eigenvalue weighted by atomic mass is 10.1. The van der Waals surface area contributed by atoms with Crippen molar-refractivity contribution in [3.05, 3.63) is 24.5 Å². The maximum absolute atomic E-state index is 12.5. The van der Waals surface area contributed by atoms with Gasteiger partial charge in [0.15, 0.2) is 0 Å². The van der Waals surface area contributed by atoms with Crippen molar-refractivity contribution >= 4 is 10.0 Å². The van der Waals surface area contributed by atoms with Crippen molar-refractivity contribution in [2.24, 2.45) is 0 Å². The molecule has 0 aliphatic carbocycles. The summed E-state index contributed by atoms with van der Waals surface area (Å²) in [5.41, 5.74) is 0. The second kappa shape index (κ2) is 8.27. The third-order valence-corrected chi connectivity index (χ3v) is 6.82. The Balaban J connectivity index is 1.41.